The Labute approximate surface area is 154 Å². The van der Waals surface area contributed by atoms with Crippen LogP contribution < -0.4 is 10.1 Å². The number of hydrogen-bond donors (Lipinski definition) is 1. The number of methoxy groups -OCH3 is 1. The van der Waals surface area contributed by atoms with Gasteiger partial charge < -0.3 is 14.6 Å². The van der Waals surface area contributed by atoms with Crippen molar-refractivity contribution in [3.05, 3.63) is 82.3 Å². The maximum atomic E-state index is 12.9. The summed E-state index contributed by atoms with van der Waals surface area (Å²) in [6.07, 6.45) is 3.58. The molecule has 1 heterocycles. The van der Waals surface area contributed by atoms with Gasteiger partial charge in [-0.1, -0.05) is 30.3 Å². The van der Waals surface area contributed by atoms with Crippen LogP contribution >= 0.6 is 15.9 Å². The number of imidazole rings is 1. The second kappa shape index (κ2) is 7.53. The van der Waals surface area contributed by atoms with E-state index in [0.717, 1.165) is 11.4 Å². The molecule has 1 atom stereocenters. The molecule has 3 aromatic rings. The lowest BCUT2D eigenvalue weighted by Crippen LogP contribution is -2.31. The van der Waals surface area contributed by atoms with E-state index < -0.39 is 0 Å². The fourth-order valence-electron chi connectivity index (χ4n) is 2.61. The van der Waals surface area contributed by atoms with Crippen molar-refractivity contribution in [3.8, 4) is 5.75 Å². The van der Waals surface area contributed by atoms with E-state index in [2.05, 4.69) is 26.2 Å². The Morgan fingerprint density at radius 2 is 2.00 bits per heavy atom. The molecular formula is C19H18BrN3O2. The van der Waals surface area contributed by atoms with Crippen molar-refractivity contribution >= 4 is 21.8 Å². The number of aromatic nitrogens is 2. The molecule has 6 heteroatoms. The van der Waals surface area contributed by atoms with Crippen LogP contribution in [0.1, 0.15) is 27.8 Å². The van der Waals surface area contributed by atoms with E-state index in [1.165, 1.54) is 0 Å². The molecule has 128 valence electrons. The third-order valence-electron chi connectivity index (χ3n) is 3.94. The van der Waals surface area contributed by atoms with Crippen LogP contribution in [0.15, 0.2) is 65.4 Å². The van der Waals surface area contributed by atoms with Gasteiger partial charge in [0.05, 0.1) is 12.7 Å². The molecule has 0 aliphatic rings. The average Bonchev–Trinajstić information content (AvgIpc) is 3.06. The van der Waals surface area contributed by atoms with Crippen LogP contribution in [0, 0.1) is 0 Å². The normalized spacial score (nSPS) is 11.8. The second-order valence-corrected chi connectivity index (χ2v) is 6.41. The standard InChI is InChI=1S/C19H18BrN3O2/c1-23-11-10-21-18(23)17(13-6-4-3-5-7-13)22-19(24)15-12-14(25-2)8-9-16(15)20/h3-12,17H,1-2H3,(H,22,24). The summed E-state index contributed by atoms with van der Waals surface area (Å²) in [7, 11) is 3.48. The molecule has 0 radical (unpaired) electrons. The first-order valence-electron chi connectivity index (χ1n) is 7.76. The Bertz CT molecular complexity index is 877. The molecule has 0 fully saturated rings. The highest BCUT2D eigenvalue weighted by atomic mass is 79.9. The first kappa shape index (κ1) is 17.2. The molecule has 2 aromatic carbocycles. The zero-order chi connectivity index (χ0) is 17.8. The first-order valence-corrected chi connectivity index (χ1v) is 8.56. The molecule has 0 aliphatic carbocycles. The molecule has 0 bridgehead atoms. The van der Waals surface area contributed by atoms with Crippen molar-refractivity contribution < 1.29 is 9.53 Å². The van der Waals surface area contributed by atoms with E-state index in [1.807, 2.05) is 48.1 Å². The molecule has 1 unspecified atom stereocenters. The molecule has 0 aliphatic heterocycles. The Morgan fingerprint density at radius 3 is 2.64 bits per heavy atom. The van der Waals surface area contributed by atoms with Crippen LogP contribution in [0.3, 0.4) is 0 Å². The molecule has 1 N–H and O–H groups in total. The molecule has 0 saturated heterocycles. The van der Waals surface area contributed by atoms with Crippen LogP contribution in [0.4, 0.5) is 0 Å². The largest absolute Gasteiger partial charge is 0.497 e. The van der Waals surface area contributed by atoms with Crippen LogP contribution in [-0.2, 0) is 7.05 Å². The minimum Gasteiger partial charge on any atom is -0.497 e. The number of aryl methyl sites for hydroxylation is 1. The molecule has 1 aromatic heterocycles. The molecule has 0 spiro atoms. The average molecular weight is 400 g/mol. The summed E-state index contributed by atoms with van der Waals surface area (Å²) in [6.45, 7) is 0. The maximum absolute atomic E-state index is 12.9. The van der Waals surface area contributed by atoms with Crippen LogP contribution in [0.5, 0.6) is 5.75 Å². The molecule has 1 amide bonds. The van der Waals surface area contributed by atoms with Gasteiger partial charge in [0, 0.05) is 23.9 Å². The van der Waals surface area contributed by atoms with E-state index in [1.54, 1.807) is 31.5 Å². The number of rotatable bonds is 5. The lowest BCUT2D eigenvalue weighted by molar-refractivity contribution is 0.0940. The highest BCUT2D eigenvalue weighted by Crippen LogP contribution is 2.25. The summed E-state index contributed by atoms with van der Waals surface area (Å²) in [5.74, 6) is 1.18. The molecular weight excluding hydrogens is 382 g/mol. The van der Waals surface area contributed by atoms with Crippen molar-refractivity contribution in [3.63, 3.8) is 0 Å². The summed E-state index contributed by atoms with van der Waals surface area (Å²) < 4.78 is 7.83. The maximum Gasteiger partial charge on any atom is 0.253 e. The highest BCUT2D eigenvalue weighted by molar-refractivity contribution is 9.10. The number of nitrogens with one attached hydrogen (secondary N) is 1. The van der Waals surface area contributed by atoms with Gasteiger partial charge in [-0.25, -0.2) is 4.98 Å². The predicted octanol–water partition coefficient (Wildman–Crippen LogP) is 3.71. The van der Waals surface area contributed by atoms with Crippen molar-refractivity contribution in [1.29, 1.82) is 0 Å². The fraction of sp³-hybridized carbons (Fsp3) is 0.158. The van der Waals surface area contributed by atoms with E-state index in [0.29, 0.717) is 15.8 Å². The summed E-state index contributed by atoms with van der Waals surface area (Å²) in [5.41, 5.74) is 1.47. The highest BCUT2D eigenvalue weighted by Gasteiger charge is 2.22. The van der Waals surface area contributed by atoms with Crippen molar-refractivity contribution in [1.82, 2.24) is 14.9 Å². The molecule has 3 rings (SSSR count). The van der Waals surface area contributed by atoms with Crippen molar-refractivity contribution in [2.24, 2.45) is 7.05 Å². The summed E-state index contributed by atoms with van der Waals surface area (Å²) in [6, 6.07) is 14.7. The summed E-state index contributed by atoms with van der Waals surface area (Å²) in [4.78, 5) is 17.3. The van der Waals surface area contributed by atoms with Gasteiger partial charge in [-0.05, 0) is 39.7 Å². The Hall–Kier alpha value is -2.60. The minimum absolute atomic E-state index is 0.206. The van der Waals surface area contributed by atoms with E-state index in [4.69, 9.17) is 4.74 Å². The zero-order valence-electron chi connectivity index (χ0n) is 13.9. The second-order valence-electron chi connectivity index (χ2n) is 5.56. The number of halogens is 1. The monoisotopic (exact) mass is 399 g/mol. The molecule has 25 heavy (non-hydrogen) atoms. The van der Waals surface area contributed by atoms with E-state index in [-0.39, 0.29) is 11.9 Å². The SMILES string of the molecule is COc1ccc(Br)c(C(=O)NC(c2ccccc2)c2nccn2C)c1. The van der Waals surface area contributed by atoms with Gasteiger partial charge in [-0.15, -0.1) is 0 Å². The minimum atomic E-state index is -0.355. The predicted molar refractivity (Wildman–Crippen MR) is 99.7 cm³/mol. The number of amides is 1. The van der Waals surface area contributed by atoms with E-state index >= 15 is 0 Å². The van der Waals surface area contributed by atoms with Gasteiger partial charge in [-0.3, -0.25) is 4.79 Å². The fourth-order valence-corrected chi connectivity index (χ4v) is 3.04. The summed E-state index contributed by atoms with van der Waals surface area (Å²) in [5, 5.41) is 3.08. The first-order chi connectivity index (χ1) is 12.1. The van der Waals surface area contributed by atoms with Gasteiger partial charge >= 0.3 is 0 Å². The van der Waals surface area contributed by atoms with Gasteiger partial charge in [0.25, 0.3) is 5.91 Å². The molecule has 0 saturated carbocycles. The number of benzene rings is 2. The van der Waals surface area contributed by atoms with Crippen LogP contribution in [0.2, 0.25) is 0 Å². The Kier molecular flexibility index (Phi) is 5.19. The van der Waals surface area contributed by atoms with Gasteiger partial charge in [-0.2, -0.15) is 0 Å². The van der Waals surface area contributed by atoms with Crippen LogP contribution in [0.25, 0.3) is 0 Å². The van der Waals surface area contributed by atoms with E-state index in [9.17, 15) is 4.79 Å². The van der Waals surface area contributed by atoms with Gasteiger partial charge in [0.1, 0.15) is 17.6 Å². The number of carbonyl (C=O) groups is 1. The van der Waals surface area contributed by atoms with Crippen LogP contribution in [-0.4, -0.2) is 22.6 Å². The number of hydrogen-bond acceptors (Lipinski definition) is 3. The third kappa shape index (κ3) is 3.74. The number of ether oxygens (including phenoxy) is 1. The summed E-state index contributed by atoms with van der Waals surface area (Å²) >= 11 is 3.43. The quantitative estimate of drug-likeness (QED) is 0.711. The van der Waals surface area contributed by atoms with Gasteiger partial charge in [0.15, 0.2) is 0 Å². The third-order valence-corrected chi connectivity index (χ3v) is 4.63. The topological polar surface area (TPSA) is 56.1 Å². The Morgan fingerprint density at radius 1 is 1.24 bits per heavy atom. The van der Waals surface area contributed by atoms with Crippen molar-refractivity contribution in [2.75, 3.05) is 7.11 Å². The molecule has 5 nitrogen and oxygen atoms in total. The Balaban J connectivity index is 1.96. The van der Waals surface area contributed by atoms with Crippen molar-refractivity contribution in [2.45, 2.75) is 6.04 Å². The van der Waals surface area contributed by atoms with Gasteiger partial charge in [0.2, 0.25) is 0 Å². The number of nitrogens with zero attached hydrogens (tertiary/aromatic N) is 2. The zero-order valence-corrected chi connectivity index (χ0v) is 15.5. The lowest BCUT2D eigenvalue weighted by atomic mass is 10.1. The smallest absolute Gasteiger partial charge is 0.253 e. The lowest BCUT2D eigenvalue weighted by Gasteiger charge is -2.19. The number of carbonyl (C=O) groups excluding carboxylic acids is 1.